The first-order valence-electron chi connectivity index (χ1n) is 8.84. The lowest BCUT2D eigenvalue weighted by Gasteiger charge is -2.18. The Morgan fingerprint density at radius 3 is 1.96 bits per heavy atom. The molecule has 0 atom stereocenters. The third-order valence-electron chi connectivity index (χ3n) is 4.57. The molecule has 0 N–H and O–H groups in total. The van der Waals surface area contributed by atoms with Crippen LogP contribution in [0.4, 0.5) is 0 Å². The number of phosphoric ester groups is 1. The highest BCUT2D eigenvalue weighted by Crippen LogP contribution is 2.50. The first-order chi connectivity index (χ1) is 12.6. The number of benzene rings is 4. The Hall–Kier alpha value is -1.97. The van der Waals surface area contributed by atoms with Gasteiger partial charge in [0.1, 0.15) is 0 Å². The summed E-state index contributed by atoms with van der Waals surface area (Å²) in [6.07, 6.45) is 0. The quantitative estimate of drug-likeness (QED) is 0.284. The molecule has 0 aromatic heterocycles. The average molecular weight is 368 g/mol. The van der Waals surface area contributed by atoms with Crippen LogP contribution >= 0.6 is 7.82 Å². The Balaban J connectivity index is 1.80. The lowest BCUT2D eigenvalue weighted by atomic mass is 9.92. The van der Waals surface area contributed by atoms with Gasteiger partial charge in [-0.3, -0.25) is 13.6 Å². The highest BCUT2D eigenvalue weighted by molar-refractivity contribution is 7.48. The topological polar surface area (TPSA) is 44.8 Å². The van der Waals surface area contributed by atoms with Crippen molar-refractivity contribution >= 4 is 40.1 Å². The van der Waals surface area contributed by atoms with Crippen molar-refractivity contribution < 1.29 is 18.1 Å². The van der Waals surface area contributed by atoms with E-state index < -0.39 is 7.82 Å². The van der Waals surface area contributed by atoms with Gasteiger partial charge < -0.3 is 0 Å². The molecule has 134 valence electrons. The van der Waals surface area contributed by atoms with Crippen molar-refractivity contribution in [1.29, 1.82) is 0 Å². The standard InChI is InChI=1S/C21H21O4P/c1-3-23-26(22,24-4-2)25-14-18-11-10-17-9-8-15-6-5-7-16-12-13-19(18)21(17)20(15)16/h5-13H,3-4,14H2,1-2H3. The van der Waals surface area contributed by atoms with E-state index in [4.69, 9.17) is 13.6 Å². The maximum atomic E-state index is 12.6. The van der Waals surface area contributed by atoms with Crippen LogP contribution in [0.1, 0.15) is 19.4 Å². The van der Waals surface area contributed by atoms with Gasteiger partial charge in [0.2, 0.25) is 0 Å². The summed E-state index contributed by atoms with van der Waals surface area (Å²) in [4.78, 5) is 0. The fourth-order valence-electron chi connectivity index (χ4n) is 3.50. The molecule has 0 saturated carbocycles. The van der Waals surface area contributed by atoms with E-state index in [1.165, 1.54) is 26.9 Å². The molecule has 0 amide bonds. The number of hydrogen-bond acceptors (Lipinski definition) is 4. The summed E-state index contributed by atoms with van der Waals surface area (Å²) >= 11 is 0. The highest BCUT2D eigenvalue weighted by Gasteiger charge is 2.25. The van der Waals surface area contributed by atoms with Crippen LogP contribution < -0.4 is 0 Å². The van der Waals surface area contributed by atoms with Crippen molar-refractivity contribution in [3.63, 3.8) is 0 Å². The minimum absolute atomic E-state index is 0.172. The van der Waals surface area contributed by atoms with Crippen LogP contribution in [0, 0.1) is 0 Å². The SMILES string of the molecule is CCOP(=O)(OCC)OCc1ccc2ccc3cccc4ccc1c2c34. The summed E-state index contributed by atoms with van der Waals surface area (Å²) in [5.74, 6) is 0. The second-order valence-corrected chi connectivity index (χ2v) is 7.81. The zero-order chi connectivity index (χ0) is 18.1. The Morgan fingerprint density at radius 2 is 1.31 bits per heavy atom. The summed E-state index contributed by atoms with van der Waals surface area (Å²) < 4.78 is 28.6. The molecule has 26 heavy (non-hydrogen) atoms. The van der Waals surface area contributed by atoms with Crippen molar-refractivity contribution in [3.05, 3.63) is 60.2 Å². The molecular formula is C21H21O4P. The molecule has 0 spiro atoms. The van der Waals surface area contributed by atoms with Crippen LogP contribution in [0.15, 0.2) is 54.6 Å². The predicted octanol–water partition coefficient (Wildman–Crippen LogP) is 6.28. The molecule has 4 aromatic carbocycles. The van der Waals surface area contributed by atoms with Crippen LogP contribution in [0.2, 0.25) is 0 Å². The van der Waals surface area contributed by atoms with Gasteiger partial charge in [0.15, 0.2) is 0 Å². The summed E-state index contributed by atoms with van der Waals surface area (Å²) in [5.41, 5.74) is 0.968. The molecule has 0 aliphatic carbocycles. The molecule has 4 nitrogen and oxygen atoms in total. The zero-order valence-electron chi connectivity index (χ0n) is 14.9. The second kappa shape index (κ2) is 6.98. The maximum absolute atomic E-state index is 12.6. The largest absolute Gasteiger partial charge is 0.475 e. The van der Waals surface area contributed by atoms with Crippen LogP contribution in [0.25, 0.3) is 32.3 Å². The highest BCUT2D eigenvalue weighted by atomic mass is 31.2. The van der Waals surface area contributed by atoms with Gasteiger partial charge in [-0.1, -0.05) is 54.6 Å². The first kappa shape index (κ1) is 17.4. The number of hydrogen-bond donors (Lipinski definition) is 0. The van der Waals surface area contributed by atoms with Crippen molar-refractivity contribution in [2.45, 2.75) is 20.5 Å². The fraction of sp³-hybridized carbons (Fsp3) is 0.238. The van der Waals surface area contributed by atoms with E-state index in [9.17, 15) is 4.57 Å². The van der Waals surface area contributed by atoms with Gasteiger partial charge in [0.25, 0.3) is 0 Å². The van der Waals surface area contributed by atoms with E-state index in [1.807, 2.05) is 6.07 Å². The molecule has 0 radical (unpaired) electrons. The molecule has 0 heterocycles. The zero-order valence-corrected chi connectivity index (χ0v) is 15.8. The molecule has 0 aliphatic rings. The second-order valence-electron chi connectivity index (χ2n) is 6.14. The minimum atomic E-state index is -3.53. The molecule has 0 bridgehead atoms. The minimum Gasteiger partial charge on any atom is -0.287 e. The Bertz CT molecular complexity index is 1080. The fourth-order valence-corrected chi connectivity index (χ4v) is 4.65. The van der Waals surface area contributed by atoms with Crippen LogP contribution in [-0.2, 0) is 24.7 Å². The van der Waals surface area contributed by atoms with E-state index in [0.717, 1.165) is 10.9 Å². The van der Waals surface area contributed by atoms with Crippen LogP contribution in [0.5, 0.6) is 0 Å². The van der Waals surface area contributed by atoms with Gasteiger partial charge in [-0.05, 0) is 51.7 Å². The predicted molar refractivity (Wildman–Crippen MR) is 106 cm³/mol. The maximum Gasteiger partial charge on any atom is 0.475 e. The molecule has 0 unspecified atom stereocenters. The number of rotatable bonds is 7. The van der Waals surface area contributed by atoms with E-state index in [-0.39, 0.29) is 19.8 Å². The van der Waals surface area contributed by atoms with Crippen LogP contribution in [0.3, 0.4) is 0 Å². The average Bonchev–Trinajstić information content (AvgIpc) is 2.65. The van der Waals surface area contributed by atoms with Gasteiger partial charge in [0, 0.05) is 0 Å². The van der Waals surface area contributed by atoms with Crippen molar-refractivity contribution in [2.75, 3.05) is 13.2 Å². The van der Waals surface area contributed by atoms with E-state index in [0.29, 0.717) is 0 Å². The van der Waals surface area contributed by atoms with Crippen LogP contribution in [-0.4, -0.2) is 13.2 Å². The molecule has 0 aliphatic heterocycles. The number of phosphoric acid groups is 1. The van der Waals surface area contributed by atoms with Gasteiger partial charge in [-0.2, -0.15) is 0 Å². The normalized spacial score (nSPS) is 12.5. The van der Waals surface area contributed by atoms with E-state index >= 15 is 0 Å². The summed E-state index contributed by atoms with van der Waals surface area (Å²) in [5, 5.41) is 7.18. The molecule has 0 fully saturated rings. The van der Waals surface area contributed by atoms with Crippen molar-refractivity contribution in [3.8, 4) is 0 Å². The first-order valence-corrected chi connectivity index (χ1v) is 10.3. The Kier molecular flexibility index (Phi) is 4.68. The van der Waals surface area contributed by atoms with Crippen molar-refractivity contribution in [2.24, 2.45) is 0 Å². The molecule has 4 rings (SSSR count). The Labute approximate surface area is 152 Å². The van der Waals surface area contributed by atoms with Gasteiger partial charge in [-0.25, -0.2) is 4.57 Å². The lowest BCUT2D eigenvalue weighted by Crippen LogP contribution is -2.01. The van der Waals surface area contributed by atoms with E-state index in [1.54, 1.807) is 13.8 Å². The van der Waals surface area contributed by atoms with Gasteiger partial charge in [0.05, 0.1) is 19.8 Å². The van der Waals surface area contributed by atoms with E-state index in [2.05, 4.69) is 48.5 Å². The molecule has 4 aromatic rings. The molecular weight excluding hydrogens is 347 g/mol. The third-order valence-corrected chi connectivity index (χ3v) is 6.17. The lowest BCUT2D eigenvalue weighted by molar-refractivity contribution is 0.116. The van der Waals surface area contributed by atoms with Gasteiger partial charge >= 0.3 is 7.82 Å². The smallest absolute Gasteiger partial charge is 0.287 e. The monoisotopic (exact) mass is 368 g/mol. The summed E-state index contributed by atoms with van der Waals surface area (Å²) in [6.45, 7) is 4.26. The Morgan fingerprint density at radius 1 is 0.731 bits per heavy atom. The summed E-state index contributed by atoms with van der Waals surface area (Å²) in [7, 11) is -3.53. The summed E-state index contributed by atoms with van der Waals surface area (Å²) in [6, 6.07) is 19.0. The van der Waals surface area contributed by atoms with Crippen molar-refractivity contribution in [1.82, 2.24) is 0 Å². The third kappa shape index (κ3) is 3.00. The molecule has 0 saturated heterocycles. The molecule has 5 heteroatoms. The van der Waals surface area contributed by atoms with Gasteiger partial charge in [-0.15, -0.1) is 0 Å².